The van der Waals surface area contributed by atoms with Crippen LogP contribution in [-0.2, 0) is 14.3 Å². The van der Waals surface area contributed by atoms with Gasteiger partial charge in [-0.25, -0.2) is 0 Å². The van der Waals surface area contributed by atoms with Crippen molar-refractivity contribution >= 4 is 5.78 Å². The third-order valence-corrected chi connectivity index (χ3v) is 3.07. The summed E-state index contributed by atoms with van der Waals surface area (Å²) in [6, 6.07) is 0. The summed E-state index contributed by atoms with van der Waals surface area (Å²) in [5, 5.41) is 0. The molecule has 18 heavy (non-hydrogen) atoms. The van der Waals surface area contributed by atoms with E-state index in [2.05, 4.69) is 6.08 Å². The van der Waals surface area contributed by atoms with Gasteiger partial charge in [-0.1, -0.05) is 44.3 Å². The monoisotopic (exact) mass is 254 g/mol. The Morgan fingerprint density at radius 1 is 0.778 bits per heavy atom. The zero-order valence-corrected chi connectivity index (χ0v) is 11.4. The SMILES string of the molecule is O=C1COCC=CCCCCCCCCCOC1. The summed E-state index contributed by atoms with van der Waals surface area (Å²) in [6.07, 6.45) is 14.1. The number of rotatable bonds is 0. The normalized spacial score (nSPS) is 22.6. The molecule has 0 N–H and O–H groups in total. The highest BCUT2D eigenvalue weighted by atomic mass is 16.5. The average molecular weight is 254 g/mol. The summed E-state index contributed by atoms with van der Waals surface area (Å²) in [5.41, 5.74) is 0. The van der Waals surface area contributed by atoms with Crippen molar-refractivity contribution in [3.63, 3.8) is 0 Å². The van der Waals surface area contributed by atoms with Crippen LogP contribution in [0.25, 0.3) is 0 Å². The molecule has 1 rings (SSSR count). The van der Waals surface area contributed by atoms with Crippen LogP contribution in [-0.4, -0.2) is 32.2 Å². The molecule has 0 unspecified atom stereocenters. The number of Topliss-reactive ketones (excluding diaryl/α,β-unsaturated/α-hetero) is 1. The van der Waals surface area contributed by atoms with E-state index in [1.807, 2.05) is 6.08 Å². The molecule has 1 aliphatic rings. The van der Waals surface area contributed by atoms with Crippen LogP contribution in [0.15, 0.2) is 12.2 Å². The number of carbonyl (C=O) groups is 1. The van der Waals surface area contributed by atoms with E-state index in [4.69, 9.17) is 9.47 Å². The molecule has 1 heterocycles. The van der Waals surface area contributed by atoms with Gasteiger partial charge in [-0.05, 0) is 19.3 Å². The van der Waals surface area contributed by atoms with Crippen molar-refractivity contribution in [3.05, 3.63) is 12.2 Å². The fourth-order valence-corrected chi connectivity index (χ4v) is 2.00. The first-order valence-corrected chi connectivity index (χ1v) is 7.22. The molecular weight excluding hydrogens is 228 g/mol. The molecule has 0 atom stereocenters. The highest BCUT2D eigenvalue weighted by Crippen LogP contribution is 2.09. The van der Waals surface area contributed by atoms with Crippen molar-refractivity contribution in [2.24, 2.45) is 0 Å². The molecule has 0 radical (unpaired) electrons. The topological polar surface area (TPSA) is 35.5 Å². The maximum Gasteiger partial charge on any atom is 0.183 e. The van der Waals surface area contributed by atoms with Crippen molar-refractivity contribution in [3.8, 4) is 0 Å². The Hall–Kier alpha value is -0.670. The third kappa shape index (κ3) is 9.37. The number of carbonyl (C=O) groups excluding carboxylic acids is 1. The van der Waals surface area contributed by atoms with Gasteiger partial charge in [0.25, 0.3) is 0 Å². The lowest BCUT2D eigenvalue weighted by Gasteiger charge is -2.04. The summed E-state index contributed by atoms with van der Waals surface area (Å²) >= 11 is 0. The van der Waals surface area contributed by atoms with Crippen molar-refractivity contribution < 1.29 is 14.3 Å². The molecule has 0 aromatic heterocycles. The minimum Gasteiger partial charge on any atom is -0.374 e. The summed E-state index contributed by atoms with van der Waals surface area (Å²) in [6.45, 7) is 1.60. The van der Waals surface area contributed by atoms with Crippen molar-refractivity contribution in [1.29, 1.82) is 0 Å². The highest BCUT2D eigenvalue weighted by molar-refractivity contribution is 5.80. The minimum absolute atomic E-state index is 0.0349. The van der Waals surface area contributed by atoms with Gasteiger partial charge in [0.1, 0.15) is 13.2 Å². The lowest BCUT2D eigenvalue weighted by atomic mass is 10.1. The van der Waals surface area contributed by atoms with Crippen LogP contribution in [0.2, 0.25) is 0 Å². The lowest BCUT2D eigenvalue weighted by molar-refractivity contribution is -0.127. The van der Waals surface area contributed by atoms with Crippen LogP contribution in [0.3, 0.4) is 0 Å². The molecule has 0 aliphatic carbocycles. The summed E-state index contributed by atoms with van der Waals surface area (Å²) in [7, 11) is 0. The van der Waals surface area contributed by atoms with Gasteiger partial charge in [0.05, 0.1) is 6.61 Å². The van der Waals surface area contributed by atoms with Gasteiger partial charge in [0.2, 0.25) is 0 Å². The van der Waals surface area contributed by atoms with Crippen molar-refractivity contribution in [2.45, 2.75) is 51.4 Å². The smallest absolute Gasteiger partial charge is 0.183 e. The molecule has 0 amide bonds. The molecule has 0 bridgehead atoms. The second kappa shape index (κ2) is 11.4. The van der Waals surface area contributed by atoms with Crippen LogP contribution in [0, 0.1) is 0 Å². The van der Waals surface area contributed by atoms with Gasteiger partial charge < -0.3 is 9.47 Å². The van der Waals surface area contributed by atoms with Gasteiger partial charge in [-0.2, -0.15) is 0 Å². The molecule has 0 saturated carbocycles. The van der Waals surface area contributed by atoms with E-state index >= 15 is 0 Å². The Morgan fingerprint density at radius 3 is 2.28 bits per heavy atom. The first-order valence-electron chi connectivity index (χ1n) is 7.22. The molecule has 0 aromatic carbocycles. The molecule has 3 heteroatoms. The van der Waals surface area contributed by atoms with E-state index in [-0.39, 0.29) is 19.0 Å². The van der Waals surface area contributed by atoms with E-state index < -0.39 is 0 Å². The maximum atomic E-state index is 11.4. The second-order valence-corrected chi connectivity index (χ2v) is 4.84. The first-order chi connectivity index (χ1) is 8.89. The first kappa shape index (κ1) is 15.4. The van der Waals surface area contributed by atoms with Crippen LogP contribution in [0.1, 0.15) is 51.4 Å². The Labute approximate surface area is 111 Å². The van der Waals surface area contributed by atoms with E-state index in [1.165, 1.54) is 38.5 Å². The number of ketones is 1. The summed E-state index contributed by atoms with van der Waals surface area (Å²) < 4.78 is 10.6. The second-order valence-electron chi connectivity index (χ2n) is 4.84. The van der Waals surface area contributed by atoms with Gasteiger partial charge in [-0.15, -0.1) is 0 Å². The Morgan fingerprint density at radius 2 is 1.44 bits per heavy atom. The Kier molecular flexibility index (Phi) is 9.76. The predicted molar refractivity (Wildman–Crippen MR) is 72.7 cm³/mol. The van der Waals surface area contributed by atoms with Gasteiger partial charge in [0, 0.05) is 6.61 Å². The number of allylic oxidation sites excluding steroid dienone is 1. The van der Waals surface area contributed by atoms with E-state index in [1.54, 1.807) is 0 Å². The summed E-state index contributed by atoms with van der Waals surface area (Å²) in [5.74, 6) is 0.0349. The zero-order chi connectivity index (χ0) is 12.9. The molecule has 3 nitrogen and oxygen atoms in total. The molecule has 1 aliphatic heterocycles. The number of hydrogen-bond donors (Lipinski definition) is 0. The molecule has 0 aromatic rings. The molecule has 104 valence electrons. The number of hydrogen-bond acceptors (Lipinski definition) is 3. The van der Waals surface area contributed by atoms with Crippen LogP contribution < -0.4 is 0 Å². The van der Waals surface area contributed by atoms with Crippen LogP contribution in [0.4, 0.5) is 0 Å². The van der Waals surface area contributed by atoms with Crippen molar-refractivity contribution in [2.75, 3.05) is 26.4 Å². The Bertz CT molecular complexity index is 236. The Balaban J connectivity index is 2.18. The number of ether oxygens (including phenoxy) is 2. The van der Waals surface area contributed by atoms with Gasteiger partial charge >= 0.3 is 0 Å². The van der Waals surface area contributed by atoms with Gasteiger partial charge in [0.15, 0.2) is 5.78 Å². The predicted octanol–water partition coefficient (Wildman–Crippen LogP) is 3.28. The van der Waals surface area contributed by atoms with E-state index in [0.29, 0.717) is 13.2 Å². The molecule has 0 saturated heterocycles. The van der Waals surface area contributed by atoms with Crippen LogP contribution >= 0.6 is 0 Å². The molecule has 0 fully saturated rings. The highest BCUT2D eigenvalue weighted by Gasteiger charge is 2.01. The fraction of sp³-hybridized carbons (Fsp3) is 0.800. The van der Waals surface area contributed by atoms with E-state index in [9.17, 15) is 4.79 Å². The van der Waals surface area contributed by atoms with Crippen LogP contribution in [0.5, 0.6) is 0 Å². The largest absolute Gasteiger partial charge is 0.374 e. The summed E-state index contributed by atoms with van der Waals surface area (Å²) in [4.78, 5) is 11.4. The zero-order valence-electron chi connectivity index (χ0n) is 11.4. The van der Waals surface area contributed by atoms with Gasteiger partial charge in [-0.3, -0.25) is 4.79 Å². The van der Waals surface area contributed by atoms with Crippen molar-refractivity contribution in [1.82, 2.24) is 0 Å². The average Bonchev–Trinajstić information content (AvgIpc) is 2.37. The lowest BCUT2D eigenvalue weighted by Crippen LogP contribution is -2.16. The minimum atomic E-state index is 0.0349. The molecular formula is C15H26O3. The quantitative estimate of drug-likeness (QED) is 0.622. The fourth-order valence-electron chi connectivity index (χ4n) is 2.00. The maximum absolute atomic E-state index is 11.4. The standard InChI is InChI=1S/C15H26O3/c16-15-13-17-11-9-7-5-3-1-2-4-6-8-10-12-18-14-15/h7,9H,1-6,8,10-14H2. The molecule has 0 spiro atoms. The van der Waals surface area contributed by atoms with E-state index in [0.717, 1.165) is 12.8 Å². The third-order valence-electron chi connectivity index (χ3n) is 3.07.